The van der Waals surface area contributed by atoms with E-state index in [1.807, 2.05) is 0 Å². The van der Waals surface area contributed by atoms with E-state index in [0.29, 0.717) is 22.6 Å². The van der Waals surface area contributed by atoms with Crippen LogP contribution in [0.2, 0.25) is 0 Å². The Morgan fingerprint density at radius 1 is 0.833 bits per heavy atom. The molecule has 0 bridgehead atoms. The number of ketones is 2. The maximum absolute atomic E-state index is 10.9. The second-order valence-corrected chi connectivity index (χ2v) is 4.88. The zero-order valence-corrected chi connectivity index (χ0v) is 14.0. The van der Waals surface area contributed by atoms with Crippen molar-refractivity contribution in [2.24, 2.45) is 0 Å². The molecule has 0 heterocycles. The van der Waals surface area contributed by atoms with Crippen molar-refractivity contribution in [3.63, 3.8) is 0 Å². The van der Waals surface area contributed by atoms with Crippen molar-refractivity contribution >= 4 is 11.6 Å². The summed E-state index contributed by atoms with van der Waals surface area (Å²) in [7, 11) is 2.95. The molecule has 128 valence electrons. The minimum Gasteiger partial charge on any atom is -0.507 e. The molecule has 0 aliphatic heterocycles. The van der Waals surface area contributed by atoms with Gasteiger partial charge in [0.2, 0.25) is 0 Å². The molecule has 0 atom stereocenters. The first kappa shape index (κ1) is 19.0. The SMILES string of the molecule is COc1cc(C(C)=O)ccc1O.COc1ccc(C(C)=O)c(O)c1. The van der Waals surface area contributed by atoms with Crippen LogP contribution in [0.5, 0.6) is 23.0 Å². The molecule has 0 fully saturated rings. The third-order valence-electron chi connectivity index (χ3n) is 3.17. The van der Waals surface area contributed by atoms with Crippen molar-refractivity contribution in [3.8, 4) is 23.0 Å². The van der Waals surface area contributed by atoms with E-state index in [4.69, 9.17) is 9.47 Å². The number of phenols is 2. The number of carbonyl (C=O) groups excluding carboxylic acids is 2. The van der Waals surface area contributed by atoms with E-state index in [1.54, 1.807) is 12.1 Å². The van der Waals surface area contributed by atoms with Gasteiger partial charge in [-0.1, -0.05) is 0 Å². The molecule has 0 aliphatic carbocycles. The lowest BCUT2D eigenvalue weighted by Gasteiger charge is -2.03. The highest BCUT2D eigenvalue weighted by Gasteiger charge is 2.06. The quantitative estimate of drug-likeness (QED) is 0.835. The van der Waals surface area contributed by atoms with Crippen LogP contribution in [-0.2, 0) is 0 Å². The smallest absolute Gasteiger partial charge is 0.163 e. The summed E-state index contributed by atoms with van der Waals surface area (Å²) in [5, 5.41) is 18.5. The predicted molar refractivity (Wildman–Crippen MR) is 89.3 cm³/mol. The van der Waals surface area contributed by atoms with Gasteiger partial charge in [-0.3, -0.25) is 9.59 Å². The molecular formula is C18H20O6. The molecule has 0 amide bonds. The number of Topliss-reactive ketones (excluding diaryl/α,β-unsaturated/α-hetero) is 2. The van der Waals surface area contributed by atoms with E-state index >= 15 is 0 Å². The lowest BCUT2D eigenvalue weighted by molar-refractivity contribution is 0.100. The summed E-state index contributed by atoms with van der Waals surface area (Å²) in [5.74, 6) is 0.660. The molecule has 2 aromatic rings. The molecule has 0 saturated carbocycles. The van der Waals surface area contributed by atoms with Crippen LogP contribution in [0.4, 0.5) is 0 Å². The molecule has 0 spiro atoms. The van der Waals surface area contributed by atoms with Gasteiger partial charge in [0.25, 0.3) is 0 Å². The second-order valence-electron chi connectivity index (χ2n) is 4.88. The first-order valence-corrected chi connectivity index (χ1v) is 7.06. The molecule has 0 aliphatic rings. The molecule has 2 aromatic carbocycles. The number of aromatic hydroxyl groups is 2. The van der Waals surface area contributed by atoms with Crippen molar-refractivity contribution in [2.45, 2.75) is 13.8 Å². The molecule has 0 unspecified atom stereocenters. The average Bonchev–Trinajstić information content (AvgIpc) is 2.55. The summed E-state index contributed by atoms with van der Waals surface area (Å²) in [6.07, 6.45) is 0. The van der Waals surface area contributed by atoms with Gasteiger partial charge in [0.05, 0.1) is 19.8 Å². The fraction of sp³-hybridized carbons (Fsp3) is 0.222. The van der Waals surface area contributed by atoms with Gasteiger partial charge in [-0.05, 0) is 44.2 Å². The van der Waals surface area contributed by atoms with E-state index in [9.17, 15) is 19.8 Å². The van der Waals surface area contributed by atoms with Gasteiger partial charge in [-0.15, -0.1) is 0 Å². The van der Waals surface area contributed by atoms with Crippen LogP contribution in [0.15, 0.2) is 36.4 Å². The molecule has 0 radical (unpaired) electrons. The molecule has 0 saturated heterocycles. The van der Waals surface area contributed by atoms with E-state index in [0.717, 1.165) is 0 Å². The third kappa shape index (κ3) is 5.01. The average molecular weight is 332 g/mol. The molecule has 2 rings (SSSR count). The molecule has 6 nitrogen and oxygen atoms in total. The summed E-state index contributed by atoms with van der Waals surface area (Å²) < 4.78 is 9.69. The van der Waals surface area contributed by atoms with Crippen molar-refractivity contribution in [1.82, 2.24) is 0 Å². The van der Waals surface area contributed by atoms with Crippen LogP contribution in [0, 0.1) is 0 Å². The van der Waals surface area contributed by atoms with E-state index in [2.05, 4.69) is 0 Å². The van der Waals surface area contributed by atoms with Crippen LogP contribution in [0.3, 0.4) is 0 Å². The van der Waals surface area contributed by atoms with Crippen LogP contribution in [0.25, 0.3) is 0 Å². The number of hydrogen-bond donors (Lipinski definition) is 2. The lowest BCUT2D eigenvalue weighted by atomic mass is 10.1. The minimum absolute atomic E-state index is 0.0400. The number of rotatable bonds is 4. The van der Waals surface area contributed by atoms with Gasteiger partial charge in [0.1, 0.15) is 11.5 Å². The number of benzene rings is 2. The van der Waals surface area contributed by atoms with E-state index in [-0.39, 0.29) is 23.1 Å². The third-order valence-corrected chi connectivity index (χ3v) is 3.17. The molecule has 6 heteroatoms. The van der Waals surface area contributed by atoms with Gasteiger partial charge < -0.3 is 19.7 Å². The summed E-state index contributed by atoms with van der Waals surface area (Å²) in [5.41, 5.74) is 0.848. The first-order valence-electron chi connectivity index (χ1n) is 7.06. The zero-order chi connectivity index (χ0) is 18.3. The van der Waals surface area contributed by atoms with Gasteiger partial charge in [-0.2, -0.15) is 0 Å². The zero-order valence-electron chi connectivity index (χ0n) is 14.0. The number of hydrogen-bond acceptors (Lipinski definition) is 6. The fourth-order valence-electron chi connectivity index (χ4n) is 1.83. The van der Waals surface area contributed by atoms with Crippen LogP contribution < -0.4 is 9.47 Å². The molecule has 0 aromatic heterocycles. The summed E-state index contributed by atoms with van der Waals surface area (Å²) in [6, 6.07) is 9.09. The van der Waals surface area contributed by atoms with Crippen LogP contribution in [-0.4, -0.2) is 36.0 Å². The monoisotopic (exact) mass is 332 g/mol. The highest BCUT2D eigenvalue weighted by molar-refractivity contribution is 5.96. The van der Waals surface area contributed by atoms with Crippen molar-refractivity contribution in [1.29, 1.82) is 0 Å². The van der Waals surface area contributed by atoms with Crippen molar-refractivity contribution in [3.05, 3.63) is 47.5 Å². The Balaban J connectivity index is 0.000000240. The highest BCUT2D eigenvalue weighted by atomic mass is 16.5. The first-order chi connectivity index (χ1) is 11.3. The van der Waals surface area contributed by atoms with Gasteiger partial charge >= 0.3 is 0 Å². The number of methoxy groups -OCH3 is 2. The van der Waals surface area contributed by atoms with Crippen LogP contribution in [0.1, 0.15) is 34.6 Å². The van der Waals surface area contributed by atoms with Crippen molar-refractivity contribution < 1.29 is 29.3 Å². The van der Waals surface area contributed by atoms with Crippen LogP contribution >= 0.6 is 0 Å². The maximum atomic E-state index is 10.9. The molecular weight excluding hydrogens is 312 g/mol. The Bertz CT molecular complexity index is 736. The summed E-state index contributed by atoms with van der Waals surface area (Å²) >= 11 is 0. The summed E-state index contributed by atoms with van der Waals surface area (Å²) in [4.78, 5) is 21.8. The van der Waals surface area contributed by atoms with E-state index in [1.165, 1.54) is 52.3 Å². The molecule has 24 heavy (non-hydrogen) atoms. The largest absolute Gasteiger partial charge is 0.507 e. The Kier molecular flexibility index (Phi) is 6.79. The van der Waals surface area contributed by atoms with Gasteiger partial charge in [0.15, 0.2) is 23.1 Å². The number of ether oxygens (including phenoxy) is 2. The standard InChI is InChI=1S/2C9H10O3/c1-6(10)8-4-3-7(12-2)5-9(8)11;1-6(10)7-3-4-8(11)9(5-7)12-2/h2*3-5,11H,1-2H3. The summed E-state index contributed by atoms with van der Waals surface area (Å²) in [6.45, 7) is 2.87. The number of carbonyl (C=O) groups is 2. The lowest BCUT2D eigenvalue weighted by Crippen LogP contribution is -1.92. The Morgan fingerprint density at radius 3 is 1.96 bits per heavy atom. The van der Waals surface area contributed by atoms with E-state index < -0.39 is 0 Å². The Morgan fingerprint density at radius 2 is 1.50 bits per heavy atom. The van der Waals surface area contributed by atoms with Crippen molar-refractivity contribution in [2.75, 3.05) is 14.2 Å². The maximum Gasteiger partial charge on any atom is 0.163 e. The Hall–Kier alpha value is -3.02. The number of phenolic OH excluding ortho intramolecular Hbond substituents is 2. The van der Waals surface area contributed by atoms with Gasteiger partial charge in [0, 0.05) is 11.6 Å². The van der Waals surface area contributed by atoms with Gasteiger partial charge in [-0.25, -0.2) is 0 Å². The highest BCUT2D eigenvalue weighted by Crippen LogP contribution is 2.26. The predicted octanol–water partition coefficient (Wildman–Crippen LogP) is 3.21. The Labute approximate surface area is 140 Å². The molecule has 2 N–H and O–H groups in total. The minimum atomic E-state index is -0.157. The normalized spacial score (nSPS) is 9.50. The fourth-order valence-corrected chi connectivity index (χ4v) is 1.83. The topological polar surface area (TPSA) is 93.1 Å². The second kappa shape index (κ2) is 8.57.